The van der Waals surface area contributed by atoms with E-state index in [1.165, 1.54) is 22.1 Å². The summed E-state index contributed by atoms with van der Waals surface area (Å²) in [6, 6.07) is 10.7. The van der Waals surface area contributed by atoms with E-state index in [4.69, 9.17) is 34.8 Å². The van der Waals surface area contributed by atoms with Crippen molar-refractivity contribution in [3.8, 4) is 10.6 Å². The van der Waals surface area contributed by atoms with Gasteiger partial charge in [0.1, 0.15) is 5.02 Å². The van der Waals surface area contributed by atoms with E-state index in [0.717, 1.165) is 11.6 Å². The lowest BCUT2D eigenvalue weighted by Gasteiger charge is -2.10. The molecular weight excluding hydrogens is 560 g/mol. The van der Waals surface area contributed by atoms with Crippen LogP contribution in [0, 0.1) is 0 Å². The van der Waals surface area contributed by atoms with E-state index in [1.807, 2.05) is 0 Å². The molecule has 7 nitrogen and oxygen atoms in total. The van der Waals surface area contributed by atoms with Crippen LogP contribution in [-0.2, 0) is 12.7 Å². The molecule has 4 aromatic heterocycles. The molecule has 0 aliphatic rings. The lowest BCUT2D eigenvalue weighted by atomic mass is 10.2. The van der Waals surface area contributed by atoms with Gasteiger partial charge in [-0.3, -0.25) is 9.48 Å². The molecule has 0 unspecified atom stereocenters. The molecule has 5 rings (SSSR count). The van der Waals surface area contributed by atoms with Gasteiger partial charge in [-0.25, -0.2) is 9.50 Å². The summed E-state index contributed by atoms with van der Waals surface area (Å²) < 4.78 is 43.5. The molecule has 1 amide bonds. The Kier molecular flexibility index (Phi) is 6.41. The number of aromatic nitrogens is 5. The molecule has 184 valence electrons. The first-order valence-electron chi connectivity index (χ1n) is 10.1. The van der Waals surface area contributed by atoms with E-state index in [0.29, 0.717) is 26.0 Å². The zero-order valence-electron chi connectivity index (χ0n) is 17.7. The summed E-state index contributed by atoms with van der Waals surface area (Å²) in [5.74, 6) is -0.701. The molecule has 1 N–H and O–H groups in total. The average Bonchev–Trinajstić information content (AvgIpc) is 3.56. The van der Waals surface area contributed by atoms with Crippen molar-refractivity contribution >= 4 is 63.5 Å². The molecular formula is C22H12Cl3F3N6OS. The van der Waals surface area contributed by atoms with Gasteiger partial charge in [-0.2, -0.15) is 23.4 Å². The van der Waals surface area contributed by atoms with Crippen LogP contribution in [-0.4, -0.2) is 30.3 Å². The number of benzene rings is 1. The number of amides is 1. The highest BCUT2D eigenvalue weighted by Gasteiger charge is 2.37. The Morgan fingerprint density at radius 1 is 1.08 bits per heavy atom. The number of halogens is 6. The maximum atomic E-state index is 13.8. The second-order valence-electron chi connectivity index (χ2n) is 7.49. The summed E-state index contributed by atoms with van der Waals surface area (Å²) in [5, 5.41) is 12.9. The number of rotatable bonds is 5. The molecule has 4 heterocycles. The molecule has 0 radical (unpaired) electrons. The molecule has 0 aliphatic heterocycles. The number of alkyl halides is 3. The number of nitrogens with one attached hydrogen (secondary N) is 1. The second-order valence-corrected chi connectivity index (χ2v) is 9.66. The molecule has 14 heteroatoms. The molecule has 0 atom stereocenters. The first kappa shape index (κ1) is 24.6. The smallest absolute Gasteiger partial charge is 0.304 e. The Morgan fingerprint density at radius 3 is 2.58 bits per heavy atom. The van der Waals surface area contributed by atoms with Gasteiger partial charge in [-0.15, -0.1) is 11.3 Å². The highest BCUT2D eigenvalue weighted by molar-refractivity contribution is 7.13. The number of carbonyl (C=O) groups is 1. The Balaban J connectivity index is 1.45. The molecule has 0 saturated carbocycles. The molecule has 1 aromatic carbocycles. The monoisotopic (exact) mass is 570 g/mol. The largest absolute Gasteiger partial charge is 0.433 e. The normalized spacial score (nSPS) is 11.8. The summed E-state index contributed by atoms with van der Waals surface area (Å²) >= 11 is 19.6. The second kappa shape index (κ2) is 9.40. The molecule has 0 bridgehead atoms. The summed E-state index contributed by atoms with van der Waals surface area (Å²) in [7, 11) is 0. The van der Waals surface area contributed by atoms with Crippen molar-refractivity contribution < 1.29 is 18.0 Å². The zero-order valence-corrected chi connectivity index (χ0v) is 20.8. The van der Waals surface area contributed by atoms with Crippen molar-refractivity contribution in [1.29, 1.82) is 0 Å². The van der Waals surface area contributed by atoms with Gasteiger partial charge >= 0.3 is 6.18 Å². The van der Waals surface area contributed by atoms with Gasteiger partial charge in [0.05, 0.1) is 17.1 Å². The molecule has 0 spiro atoms. The number of hydrogen-bond acceptors (Lipinski definition) is 5. The quantitative estimate of drug-likeness (QED) is 0.248. The van der Waals surface area contributed by atoms with Gasteiger partial charge < -0.3 is 5.32 Å². The van der Waals surface area contributed by atoms with E-state index in [1.54, 1.807) is 41.9 Å². The third kappa shape index (κ3) is 4.79. The van der Waals surface area contributed by atoms with Gasteiger partial charge in [-0.1, -0.05) is 46.9 Å². The maximum absolute atomic E-state index is 13.8. The van der Waals surface area contributed by atoms with Crippen LogP contribution in [0.5, 0.6) is 0 Å². The van der Waals surface area contributed by atoms with E-state index in [9.17, 15) is 18.0 Å². The fraction of sp³-hybridized carbons (Fsp3) is 0.0909. The first-order valence-corrected chi connectivity index (χ1v) is 12.1. The Morgan fingerprint density at radius 2 is 1.89 bits per heavy atom. The van der Waals surface area contributed by atoms with Crippen molar-refractivity contribution in [3.05, 3.63) is 86.1 Å². The number of nitrogens with zero attached hydrogens (tertiary/aromatic N) is 5. The minimum Gasteiger partial charge on any atom is -0.304 e. The number of anilines is 1. The Bertz CT molecular complexity index is 1600. The van der Waals surface area contributed by atoms with E-state index >= 15 is 0 Å². The van der Waals surface area contributed by atoms with Crippen molar-refractivity contribution in [2.75, 3.05) is 5.32 Å². The Labute approximate surface area is 220 Å². The maximum Gasteiger partial charge on any atom is 0.433 e. The number of carbonyl (C=O) groups excluding carboxylic acids is 1. The number of thiophene rings is 1. The average molecular weight is 572 g/mol. The summed E-state index contributed by atoms with van der Waals surface area (Å²) in [5.41, 5.74) is -1.01. The molecule has 36 heavy (non-hydrogen) atoms. The molecule has 0 saturated heterocycles. The lowest BCUT2D eigenvalue weighted by molar-refractivity contribution is -0.142. The predicted molar refractivity (Wildman–Crippen MR) is 132 cm³/mol. The fourth-order valence-corrected chi connectivity index (χ4v) is 4.81. The van der Waals surface area contributed by atoms with Crippen LogP contribution in [0.1, 0.15) is 21.7 Å². The van der Waals surface area contributed by atoms with Crippen LogP contribution in [0.2, 0.25) is 15.1 Å². The lowest BCUT2D eigenvalue weighted by Crippen LogP contribution is -2.16. The Hall–Kier alpha value is -3.12. The van der Waals surface area contributed by atoms with E-state index in [2.05, 4.69) is 20.5 Å². The summed E-state index contributed by atoms with van der Waals surface area (Å²) in [6.07, 6.45) is -3.17. The van der Waals surface area contributed by atoms with Gasteiger partial charge in [0, 0.05) is 22.3 Å². The minimum atomic E-state index is -4.77. The van der Waals surface area contributed by atoms with Gasteiger partial charge in [0.15, 0.2) is 22.9 Å². The van der Waals surface area contributed by atoms with E-state index < -0.39 is 23.5 Å². The van der Waals surface area contributed by atoms with E-state index in [-0.39, 0.29) is 22.2 Å². The highest BCUT2D eigenvalue weighted by atomic mass is 35.5. The van der Waals surface area contributed by atoms with Gasteiger partial charge in [-0.05, 0) is 35.2 Å². The summed E-state index contributed by atoms with van der Waals surface area (Å²) in [4.78, 5) is 17.6. The molecule has 5 aromatic rings. The third-order valence-electron chi connectivity index (χ3n) is 5.04. The van der Waals surface area contributed by atoms with Crippen LogP contribution in [0.4, 0.5) is 19.0 Å². The van der Waals surface area contributed by atoms with Gasteiger partial charge in [0.25, 0.3) is 5.91 Å². The molecule has 0 fully saturated rings. The predicted octanol–water partition coefficient (Wildman–Crippen LogP) is 6.93. The van der Waals surface area contributed by atoms with Crippen LogP contribution < -0.4 is 5.32 Å². The van der Waals surface area contributed by atoms with Crippen molar-refractivity contribution in [2.45, 2.75) is 12.7 Å². The van der Waals surface area contributed by atoms with Crippen molar-refractivity contribution in [2.24, 2.45) is 0 Å². The number of fused-ring (bicyclic) bond motifs is 1. The minimum absolute atomic E-state index is 0.0678. The summed E-state index contributed by atoms with van der Waals surface area (Å²) in [6.45, 7) is 0.297. The zero-order chi connectivity index (χ0) is 25.6. The topological polar surface area (TPSA) is 77.1 Å². The van der Waals surface area contributed by atoms with Crippen molar-refractivity contribution in [3.63, 3.8) is 0 Å². The highest BCUT2D eigenvalue weighted by Crippen LogP contribution is 2.35. The fourth-order valence-electron chi connectivity index (χ4n) is 3.41. The van der Waals surface area contributed by atoms with Crippen molar-refractivity contribution in [1.82, 2.24) is 24.4 Å². The molecule has 0 aliphatic carbocycles. The van der Waals surface area contributed by atoms with Gasteiger partial charge in [0.2, 0.25) is 0 Å². The number of hydrogen-bond donors (Lipinski definition) is 1. The van der Waals surface area contributed by atoms with Crippen LogP contribution in [0.25, 0.3) is 16.2 Å². The standard InChI is InChI=1S/C22H12Cl3F3N6OS/c23-12-4-3-11(13(24)8-12)10-33-6-5-17(31-33)30-21(35)19-18(25)20-29-14(15-2-1-7-36-15)9-16(22(26,27)28)34(20)32-19/h1-9H,10H2,(H,30,31,35). The first-order chi connectivity index (χ1) is 17.1. The van der Waals surface area contributed by atoms with Crippen LogP contribution in [0.15, 0.2) is 54.0 Å². The SMILES string of the molecule is O=C(Nc1ccn(Cc2ccc(Cl)cc2Cl)n1)c1nn2c(C(F)(F)F)cc(-c3cccs3)nc2c1Cl. The van der Waals surface area contributed by atoms with Crippen LogP contribution >= 0.6 is 46.1 Å². The third-order valence-corrected chi connectivity index (χ3v) is 6.87. The van der Waals surface area contributed by atoms with Crippen LogP contribution in [0.3, 0.4) is 0 Å².